The topological polar surface area (TPSA) is 78.9 Å². The number of rotatable bonds is 3. The number of nitrogen functional groups attached to an aromatic ring is 1. The molecular formula is C10H12BrN5O. The van der Waals surface area contributed by atoms with Crippen molar-refractivity contribution in [3.63, 3.8) is 0 Å². The molecule has 0 unspecified atom stereocenters. The van der Waals surface area contributed by atoms with Gasteiger partial charge in [0.05, 0.1) is 12.7 Å². The highest BCUT2D eigenvalue weighted by Crippen LogP contribution is 2.30. The van der Waals surface area contributed by atoms with Crippen molar-refractivity contribution in [3.05, 3.63) is 28.0 Å². The molecule has 0 aliphatic rings. The average molecular weight is 298 g/mol. The minimum absolute atomic E-state index is 0.251. The number of aromatic nitrogens is 4. The molecule has 17 heavy (non-hydrogen) atoms. The van der Waals surface area contributed by atoms with E-state index in [1.165, 1.54) is 4.80 Å². The third-order valence-electron chi connectivity index (χ3n) is 2.16. The summed E-state index contributed by atoms with van der Waals surface area (Å²) < 4.78 is 6.53. The van der Waals surface area contributed by atoms with E-state index < -0.39 is 0 Å². The molecule has 1 aromatic carbocycles. The molecule has 0 amide bonds. The lowest BCUT2D eigenvalue weighted by molar-refractivity contribution is 0.295. The smallest absolute Gasteiger partial charge is 0.212 e. The molecule has 0 fully saturated rings. The Morgan fingerprint density at radius 1 is 1.47 bits per heavy atom. The largest absolute Gasteiger partial charge is 0.483 e. The van der Waals surface area contributed by atoms with E-state index in [1.54, 1.807) is 13.1 Å². The van der Waals surface area contributed by atoms with E-state index in [2.05, 4.69) is 31.3 Å². The number of anilines is 1. The van der Waals surface area contributed by atoms with Gasteiger partial charge >= 0.3 is 0 Å². The van der Waals surface area contributed by atoms with Gasteiger partial charge in [-0.15, -0.1) is 10.2 Å². The number of halogens is 1. The zero-order valence-electron chi connectivity index (χ0n) is 9.51. The van der Waals surface area contributed by atoms with Gasteiger partial charge in [0, 0.05) is 4.47 Å². The van der Waals surface area contributed by atoms with Crippen LogP contribution >= 0.6 is 15.9 Å². The van der Waals surface area contributed by atoms with Gasteiger partial charge in [0.1, 0.15) is 5.75 Å². The molecule has 2 rings (SSSR count). The lowest BCUT2D eigenvalue weighted by Gasteiger charge is -2.10. The lowest BCUT2D eigenvalue weighted by atomic mass is 10.2. The second kappa shape index (κ2) is 4.70. The number of nitrogens with zero attached hydrogens (tertiary/aromatic N) is 4. The lowest BCUT2D eigenvalue weighted by Crippen LogP contribution is -2.03. The highest BCUT2D eigenvalue weighted by molar-refractivity contribution is 9.10. The second-order valence-electron chi connectivity index (χ2n) is 3.62. The van der Waals surface area contributed by atoms with Crippen LogP contribution in [-0.2, 0) is 13.7 Å². The quantitative estimate of drug-likeness (QED) is 0.867. The number of tetrazole rings is 1. The van der Waals surface area contributed by atoms with Crippen molar-refractivity contribution in [2.45, 2.75) is 13.5 Å². The summed E-state index contributed by atoms with van der Waals surface area (Å²) in [7, 11) is 1.70. The van der Waals surface area contributed by atoms with Crippen LogP contribution < -0.4 is 10.5 Å². The Morgan fingerprint density at radius 2 is 2.24 bits per heavy atom. The minimum Gasteiger partial charge on any atom is -0.483 e. The van der Waals surface area contributed by atoms with E-state index in [0.717, 1.165) is 10.0 Å². The normalized spacial score (nSPS) is 10.5. The molecule has 2 N–H and O–H groups in total. The molecule has 1 aromatic heterocycles. The highest BCUT2D eigenvalue weighted by atomic mass is 79.9. The first-order valence-electron chi connectivity index (χ1n) is 4.97. The number of hydrogen-bond acceptors (Lipinski definition) is 5. The van der Waals surface area contributed by atoms with Crippen molar-refractivity contribution in [2.24, 2.45) is 7.05 Å². The summed E-state index contributed by atoms with van der Waals surface area (Å²) in [5, 5.41) is 11.6. The summed E-state index contributed by atoms with van der Waals surface area (Å²) in [6.07, 6.45) is 0. The van der Waals surface area contributed by atoms with E-state index >= 15 is 0 Å². The summed E-state index contributed by atoms with van der Waals surface area (Å²) >= 11 is 3.37. The average Bonchev–Trinajstić information content (AvgIpc) is 2.62. The molecule has 0 aliphatic heterocycles. The number of benzene rings is 1. The van der Waals surface area contributed by atoms with Crippen molar-refractivity contribution in [1.29, 1.82) is 0 Å². The summed E-state index contributed by atoms with van der Waals surface area (Å²) in [4.78, 5) is 1.39. The Hall–Kier alpha value is -1.63. The molecule has 0 radical (unpaired) electrons. The van der Waals surface area contributed by atoms with E-state index in [9.17, 15) is 0 Å². The van der Waals surface area contributed by atoms with Gasteiger partial charge in [0.15, 0.2) is 6.61 Å². The van der Waals surface area contributed by atoms with Crippen molar-refractivity contribution in [3.8, 4) is 5.75 Å². The first kappa shape index (κ1) is 11.8. The molecule has 1 heterocycles. The van der Waals surface area contributed by atoms with Crippen LogP contribution in [0.3, 0.4) is 0 Å². The predicted octanol–water partition coefficient (Wildman–Crippen LogP) is 1.44. The van der Waals surface area contributed by atoms with Gasteiger partial charge in [-0.3, -0.25) is 0 Å². The van der Waals surface area contributed by atoms with E-state index in [0.29, 0.717) is 17.3 Å². The molecule has 0 bridgehead atoms. The highest BCUT2D eigenvalue weighted by Gasteiger charge is 2.08. The Bertz CT molecular complexity index is 516. The number of hydrogen-bond donors (Lipinski definition) is 1. The van der Waals surface area contributed by atoms with E-state index in [1.807, 2.05) is 13.0 Å². The van der Waals surface area contributed by atoms with Crippen molar-refractivity contribution < 1.29 is 4.74 Å². The van der Waals surface area contributed by atoms with Crippen LogP contribution in [0.25, 0.3) is 0 Å². The molecular weight excluding hydrogens is 286 g/mol. The summed E-state index contributed by atoms with van der Waals surface area (Å²) in [6, 6.07) is 3.74. The third kappa shape index (κ3) is 2.73. The van der Waals surface area contributed by atoms with Crippen LogP contribution in [0.15, 0.2) is 16.6 Å². The first-order valence-corrected chi connectivity index (χ1v) is 5.77. The summed E-state index contributed by atoms with van der Waals surface area (Å²) in [5.41, 5.74) is 7.42. The molecule has 0 spiro atoms. The van der Waals surface area contributed by atoms with Crippen LogP contribution in [0.5, 0.6) is 5.75 Å². The maximum Gasteiger partial charge on any atom is 0.212 e. The van der Waals surface area contributed by atoms with Crippen LogP contribution in [0.2, 0.25) is 0 Å². The number of nitrogens with two attached hydrogens (primary N) is 1. The molecule has 7 heteroatoms. The summed E-state index contributed by atoms with van der Waals surface area (Å²) in [6.45, 7) is 2.18. The van der Waals surface area contributed by atoms with Gasteiger partial charge in [0.2, 0.25) is 5.82 Å². The fourth-order valence-corrected chi connectivity index (χ4v) is 2.06. The van der Waals surface area contributed by atoms with Gasteiger partial charge in [-0.1, -0.05) is 15.9 Å². The Balaban J connectivity index is 2.14. The van der Waals surface area contributed by atoms with Gasteiger partial charge in [0.25, 0.3) is 0 Å². The fourth-order valence-electron chi connectivity index (χ4n) is 1.47. The van der Waals surface area contributed by atoms with Crippen molar-refractivity contribution in [2.75, 3.05) is 5.73 Å². The van der Waals surface area contributed by atoms with Gasteiger partial charge in [-0.2, -0.15) is 4.80 Å². The molecule has 0 atom stereocenters. The molecule has 0 aliphatic carbocycles. The number of aryl methyl sites for hydroxylation is 2. The molecule has 0 saturated heterocycles. The first-order chi connectivity index (χ1) is 8.06. The van der Waals surface area contributed by atoms with E-state index in [4.69, 9.17) is 10.5 Å². The summed E-state index contributed by atoms with van der Waals surface area (Å²) in [5.74, 6) is 1.18. The van der Waals surface area contributed by atoms with Gasteiger partial charge < -0.3 is 10.5 Å². The Morgan fingerprint density at radius 3 is 2.82 bits per heavy atom. The SMILES string of the molecule is Cc1cc(Br)cc(N)c1OCc1nnn(C)n1. The zero-order valence-corrected chi connectivity index (χ0v) is 11.1. The van der Waals surface area contributed by atoms with Crippen LogP contribution in [0.4, 0.5) is 5.69 Å². The zero-order chi connectivity index (χ0) is 12.4. The second-order valence-corrected chi connectivity index (χ2v) is 4.54. The maximum absolute atomic E-state index is 5.87. The molecule has 2 aromatic rings. The van der Waals surface area contributed by atoms with Crippen LogP contribution in [-0.4, -0.2) is 20.2 Å². The monoisotopic (exact) mass is 297 g/mol. The predicted molar refractivity (Wildman–Crippen MR) is 66.4 cm³/mol. The Labute approximate surface area is 107 Å². The molecule has 6 nitrogen and oxygen atoms in total. The maximum atomic E-state index is 5.87. The number of ether oxygens (including phenoxy) is 1. The molecule has 90 valence electrons. The van der Waals surface area contributed by atoms with Crippen LogP contribution in [0.1, 0.15) is 11.4 Å². The van der Waals surface area contributed by atoms with E-state index in [-0.39, 0.29) is 6.61 Å². The Kier molecular flexibility index (Phi) is 3.28. The van der Waals surface area contributed by atoms with Gasteiger partial charge in [-0.25, -0.2) is 0 Å². The van der Waals surface area contributed by atoms with Crippen molar-refractivity contribution >= 4 is 21.6 Å². The van der Waals surface area contributed by atoms with Gasteiger partial charge in [-0.05, 0) is 29.8 Å². The van der Waals surface area contributed by atoms with Crippen molar-refractivity contribution in [1.82, 2.24) is 20.2 Å². The third-order valence-corrected chi connectivity index (χ3v) is 2.62. The van der Waals surface area contributed by atoms with Crippen LogP contribution in [0, 0.1) is 6.92 Å². The molecule has 0 saturated carbocycles. The standard InChI is InChI=1S/C10H12BrN5O/c1-6-3-7(11)4-8(12)10(6)17-5-9-13-15-16(2)14-9/h3-4H,5,12H2,1-2H3. The fraction of sp³-hybridized carbons (Fsp3) is 0.300. The minimum atomic E-state index is 0.251.